The van der Waals surface area contributed by atoms with Crippen LogP contribution in [0.1, 0.15) is 21.2 Å². The molecule has 1 aromatic carbocycles. The molecule has 26 heavy (non-hydrogen) atoms. The van der Waals surface area contributed by atoms with Crippen molar-refractivity contribution in [3.05, 3.63) is 90.5 Å². The van der Waals surface area contributed by atoms with Gasteiger partial charge in [0.1, 0.15) is 5.25 Å². The fourth-order valence-corrected chi connectivity index (χ4v) is 4.20. The van der Waals surface area contributed by atoms with E-state index in [2.05, 4.69) is 15.3 Å². The van der Waals surface area contributed by atoms with E-state index in [-0.39, 0.29) is 17.3 Å². The number of pyridine rings is 2. The Balaban J connectivity index is 1.89. The number of aromatic nitrogens is 2. The number of carbonyl (C=O) groups is 1. The minimum Gasteiger partial charge on any atom is -0.350 e. The van der Waals surface area contributed by atoms with Gasteiger partial charge in [-0.3, -0.25) is 14.8 Å². The fraction of sp³-hybridized carbons (Fsp3) is 0.105. The zero-order valence-corrected chi connectivity index (χ0v) is 14.6. The van der Waals surface area contributed by atoms with Gasteiger partial charge in [-0.2, -0.15) is 0 Å². The molecule has 132 valence electrons. The van der Waals surface area contributed by atoms with Gasteiger partial charge in [-0.05, 0) is 35.9 Å². The molecule has 1 N–H and O–H groups in total. The quantitative estimate of drug-likeness (QED) is 0.723. The largest absolute Gasteiger partial charge is 0.350 e. The van der Waals surface area contributed by atoms with Crippen LogP contribution in [-0.4, -0.2) is 30.8 Å². The van der Waals surface area contributed by atoms with E-state index >= 15 is 0 Å². The van der Waals surface area contributed by atoms with Crippen LogP contribution in [0.4, 0.5) is 0 Å². The zero-order chi connectivity index (χ0) is 18.4. The number of carbonyl (C=O) groups excluding carboxylic acids is 1. The van der Waals surface area contributed by atoms with E-state index < -0.39 is 15.1 Å². The van der Waals surface area contributed by atoms with Gasteiger partial charge in [0.05, 0.1) is 10.5 Å². The lowest BCUT2D eigenvalue weighted by Crippen LogP contribution is -2.32. The number of benzene rings is 1. The van der Waals surface area contributed by atoms with Crippen molar-refractivity contribution in [1.29, 1.82) is 0 Å². The Kier molecular flexibility index (Phi) is 5.38. The zero-order valence-electron chi connectivity index (χ0n) is 13.8. The molecule has 2 aromatic heterocycles. The molecule has 7 heteroatoms. The summed E-state index contributed by atoms with van der Waals surface area (Å²) in [5.74, 6) is -0.379. The Morgan fingerprint density at radius 3 is 2.23 bits per heavy atom. The highest BCUT2D eigenvalue weighted by Crippen LogP contribution is 2.28. The summed E-state index contributed by atoms with van der Waals surface area (Å²) in [6, 6.07) is 14.8. The van der Waals surface area contributed by atoms with Crippen molar-refractivity contribution in [1.82, 2.24) is 15.3 Å². The van der Waals surface area contributed by atoms with E-state index in [4.69, 9.17) is 0 Å². The molecule has 0 saturated carbocycles. The average Bonchev–Trinajstić information content (AvgIpc) is 2.70. The van der Waals surface area contributed by atoms with Crippen LogP contribution in [0.5, 0.6) is 0 Å². The summed E-state index contributed by atoms with van der Waals surface area (Å²) < 4.78 is 26.2. The number of hydrogen-bond donors (Lipinski definition) is 1. The molecule has 0 radical (unpaired) electrons. The summed E-state index contributed by atoms with van der Waals surface area (Å²) in [7, 11) is -3.70. The van der Waals surface area contributed by atoms with E-state index in [9.17, 15) is 13.2 Å². The molecule has 0 spiro atoms. The molecule has 0 bridgehead atoms. The fourth-order valence-electron chi connectivity index (χ4n) is 2.53. The number of nitrogens with one attached hydrogen (secondary N) is 1. The molecule has 6 nitrogen and oxygen atoms in total. The van der Waals surface area contributed by atoms with Crippen molar-refractivity contribution in [2.24, 2.45) is 0 Å². The van der Waals surface area contributed by atoms with Crippen LogP contribution in [0.15, 0.2) is 84.3 Å². The Morgan fingerprint density at radius 1 is 0.923 bits per heavy atom. The average molecular weight is 367 g/mol. The predicted molar refractivity (Wildman–Crippen MR) is 97.2 cm³/mol. The summed E-state index contributed by atoms with van der Waals surface area (Å²) in [5, 5.41) is 1.74. The Labute approximate surface area is 151 Å². The minimum atomic E-state index is -3.70. The third-order valence-corrected chi connectivity index (χ3v) is 5.99. The summed E-state index contributed by atoms with van der Waals surface area (Å²) in [6.45, 7) is -0.0728. The predicted octanol–water partition coefficient (Wildman–Crippen LogP) is 2.42. The van der Waals surface area contributed by atoms with Crippen LogP contribution < -0.4 is 5.32 Å². The monoisotopic (exact) mass is 367 g/mol. The van der Waals surface area contributed by atoms with Gasteiger partial charge < -0.3 is 5.32 Å². The summed E-state index contributed by atoms with van der Waals surface area (Å²) >= 11 is 0. The van der Waals surface area contributed by atoms with Gasteiger partial charge in [-0.25, -0.2) is 8.42 Å². The van der Waals surface area contributed by atoms with Gasteiger partial charge in [0.2, 0.25) is 0 Å². The van der Waals surface area contributed by atoms with Crippen LogP contribution in [0, 0.1) is 0 Å². The molecule has 1 atom stereocenters. The second-order valence-electron chi connectivity index (χ2n) is 5.58. The number of nitrogens with zero attached hydrogens (tertiary/aromatic N) is 2. The maximum Gasteiger partial charge on any atom is 0.252 e. The van der Waals surface area contributed by atoms with Crippen molar-refractivity contribution in [3.8, 4) is 0 Å². The molecule has 0 aliphatic carbocycles. The molecule has 0 saturated heterocycles. The van der Waals surface area contributed by atoms with Crippen molar-refractivity contribution >= 4 is 15.7 Å². The van der Waals surface area contributed by atoms with E-state index in [1.807, 2.05) is 0 Å². The van der Waals surface area contributed by atoms with Crippen LogP contribution in [-0.2, 0) is 9.84 Å². The van der Waals surface area contributed by atoms with Gasteiger partial charge in [-0.15, -0.1) is 0 Å². The Hall–Kier alpha value is -3.06. The van der Waals surface area contributed by atoms with Crippen molar-refractivity contribution in [2.45, 2.75) is 10.1 Å². The van der Waals surface area contributed by atoms with Crippen molar-refractivity contribution < 1.29 is 13.2 Å². The molecule has 3 rings (SSSR count). The molecule has 2 heterocycles. The lowest BCUT2D eigenvalue weighted by molar-refractivity contribution is 0.0953. The van der Waals surface area contributed by atoms with Gasteiger partial charge in [0.25, 0.3) is 5.91 Å². The third-order valence-electron chi connectivity index (χ3n) is 3.87. The van der Waals surface area contributed by atoms with E-state index in [1.165, 1.54) is 12.4 Å². The first-order valence-electron chi connectivity index (χ1n) is 7.96. The summed E-state index contributed by atoms with van der Waals surface area (Å²) in [6.07, 6.45) is 6.07. The number of hydrogen-bond acceptors (Lipinski definition) is 5. The van der Waals surface area contributed by atoms with E-state index in [1.54, 1.807) is 67.0 Å². The Morgan fingerprint density at radius 2 is 1.62 bits per heavy atom. The maximum absolute atomic E-state index is 13.1. The summed E-state index contributed by atoms with van der Waals surface area (Å²) in [5.41, 5.74) is 0.886. The second-order valence-corrected chi connectivity index (χ2v) is 7.72. The van der Waals surface area contributed by atoms with E-state index in [0.717, 1.165) is 0 Å². The highest BCUT2D eigenvalue weighted by molar-refractivity contribution is 7.91. The SMILES string of the molecule is O=C(NCC(c1cccnc1)S(=O)(=O)c1ccccc1)c1cccnc1. The first kappa shape index (κ1) is 17.8. The number of amides is 1. The van der Waals surface area contributed by atoms with Crippen LogP contribution in [0.2, 0.25) is 0 Å². The molecular weight excluding hydrogens is 350 g/mol. The normalized spacial score (nSPS) is 12.3. The third kappa shape index (κ3) is 3.94. The Bertz CT molecular complexity index is 963. The lowest BCUT2D eigenvalue weighted by Gasteiger charge is -2.18. The molecule has 1 amide bonds. The molecule has 1 unspecified atom stereocenters. The standard InChI is InChI=1S/C19H17N3O3S/c23-19(16-7-5-11-21-13-16)22-14-18(15-6-4-10-20-12-15)26(24,25)17-8-2-1-3-9-17/h1-13,18H,14H2,(H,22,23). The van der Waals surface area contributed by atoms with Crippen LogP contribution in [0.3, 0.4) is 0 Å². The maximum atomic E-state index is 13.1. The lowest BCUT2D eigenvalue weighted by atomic mass is 10.2. The van der Waals surface area contributed by atoms with Gasteiger partial charge >= 0.3 is 0 Å². The van der Waals surface area contributed by atoms with Crippen LogP contribution in [0.25, 0.3) is 0 Å². The van der Waals surface area contributed by atoms with Gasteiger partial charge in [0.15, 0.2) is 9.84 Å². The van der Waals surface area contributed by atoms with Gasteiger partial charge in [-0.1, -0.05) is 24.3 Å². The molecule has 0 aliphatic rings. The summed E-state index contributed by atoms with van der Waals surface area (Å²) in [4.78, 5) is 20.4. The topological polar surface area (TPSA) is 89.0 Å². The van der Waals surface area contributed by atoms with Crippen molar-refractivity contribution in [2.75, 3.05) is 6.54 Å². The first-order valence-corrected chi connectivity index (χ1v) is 9.51. The second kappa shape index (κ2) is 7.88. The highest BCUT2D eigenvalue weighted by atomic mass is 32.2. The number of rotatable bonds is 6. The first-order chi connectivity index (χ1) is 12.6. The van der Waals surface area contributed by atoms with Crippen LogP contribution >= 0.6 is 0 Å². The van der Waals surface area contributed by atoms with Crippen molar-refractivity contribution in [3.63, 3.8) is 0 Å². The van der Waals surface area contributed by atoms with E-state index in [0.29, 0.717) is 11.1 Å². The smallest absolute Gasteiger partial charge is 0.252 e. The molecule has 3 aromatic rings. The molecule has 0 aliphatic heterocycles. The molecular formula is C19H17N3O3S. The molecule has 0 fully saturated rings. The van der Waals surface area contributed by atoms with Gasteiger partial charge in [0, 0.05) is 31.3 Å². The minimum absolute atomic E-state index is 0.0728. The highest BCUT2D eigenvalue weighted by Gasteiger charge is 2.29. The number of sulfone groups is 1.